The van der Waals surface area contributed by atoms with Crippen molar-refractivity contribution in [1.82, 2.24) is 9.55 Å². The second-order valence-electron chi connectivity index (χ2n) is 4.66. The predicted molar refractivity (Wildman–Crippen MR) is 69.7 cm³/mol. The normalized spacial score (nSPS) is 25.4. The van der Waals surface area contributed by atoms with Gasteiger partial charge in [0.05, 0.1) is 18.3 Å². The number of carbonyl (C=O) groups is 1. The van der Waals surface area contributed by atoms with Crippen molar-refractivity contribution < 1.29 is 29.2 Å². The van der Waals surface area contributed by atoms with Crippen LogP contribution in [0.5, 0.6) is 0 Å². The molecule has 22 heavy (non-hydrogen) atoms. The number of ether oxygens (including phenoxy) is 1. The molecule has 9 nitrogen and oxygen atoms in total. The van der Waals surface area contributed by atoms with Crippen molar-refractivity contribution in [3.05, 3.63) is 38.4 Å². The fraction of sp³-hybridized carbons (Fsp3) is 0.417. The Balaban J connectivity index is 2.42. The van der Waals surface area contributed by atoms with Gasteiger partial charge in [0.25, 0.3) is 5.56 Å². The molecule has 1 fully saturated rings. The average molecular weight is 316 g/mol. The molecule has 2 heterocycles. The van der Waals surface area contributed by atoms with Gasteiger partial charge >= 0.3 is 11.7 Å². The largest absolute Gasteiger partial charge is 0.476 e. The summed E-state index contributed by atoms with van der Waals surface area (Å²) < 4.78 is 19.2. The molecule has 1 aliphatic rings. The number of aliphatic carboxylic acids is 1. The van der Waals surface area contributed by atoms with E-state index >= 15 is 0 Å². The number of aliphatic hydroxyl groups excluding tert-OH is 2. The maximum Gasteiger partial charge on any atom is 0.364 e. The van der Waals surface area contributed by atoms with Crippen molar-refractivity contribution in [3.8, 4) is 0 Å². The van der Waals surface area contributed by atoms with Crippen LogP contribution in [0.3, 0.4) is 0 Å². The molecular formula is C12H13FN2O7. The first-order chi connectivity index (χ1) is 10.3. The fourth-order valence-corrected chi connectivity index (χ4v) is 2.07. The molecule has 0 aliphatic carbocycles. The van der Waals surface area contributed by atoms with Gasteiger partial charge < -0.3 is 20.1 Å². The molecule has 0 amide bonds. The van der Waals surface area contributed by atoms with Gasteiger partial charge in [-0.05, 0) is 6.08 Å². The zero-order chi connectivity index (χ0) is 16.4. The summed E-state index contributed by atoms with van der Waals surface area (Å²) in [6, 6.07) is 0. The number of aliphatic hydroxyl groups is 2. The minimum absolute atomic E-state index is 0.0260. The summed E-state index contributed by atoms with van der Waals surface area (Å²) in [6.45, 7) is -0.462. The van der Waals surface area contributed by atoms with E-state index in [9.17, 15) is 23.9 Å². The molecule has 1 unspecified atom stereocenters. The number of halogens is 1. The van der Waals surface area contributed by atoms with Crippen molar-refractivity contribution in [1.29, 1.82) is 0 Å². The Kier molecular flexibility index (Phi) is 4.54. The van der Waals surface area contributed by atoms with E-state index in [4.69, 9.17) is 14.9 Å². The number of nitrogens with zero attached hydrogens (tertiary/aromatic N) is 1. The van der Waals surface area contributed by atoms with E-state index in [-0.39, 0.29) is 6.42 Å². The second kappa shape index (κ2) is 6.22. The third-order valence-electron chi connectivity index (χ3n) is 3.18. The number of rotatable bonds is 4. The van der Waals surface area contributed by atoms with Crippen LogP contribution in [0.2, 0.25) is 0 Å². The molecule has 2 rings (SSSR count). The van der Waals surface area contributed by atoms with Crippen LogP contribution in [-0.2, 0) is 9.53 Å². The molecule has 0 aromatic carbocycles. The SMILES string of the molecule is O=C(O)C(F)=Cc1cn([C@H]2CC(O)[C@@H](CO)O2)c(=O)[nH]c1=O. The van der Waals surface area contributed by atoms with Crippen LogP contribution >= 0.6 is 0 Å². The van der Waals surface area contributed by atoms with E-state index in [0.717, 1.165) is 10.8 Å². The molecule has 1 aromatic heterocycles. The van der Waals surface area contributed by atoms with Crippen LogP contribution in [0.25, 0.3) is 6.08 Å². The Morgan fingerprint density at radius 3 is 2.77 bits per heavy atom. The monoisotopic (exact) mass is 316 g/mol. The zero-order valence-corrected chi connectivity index (χ0v) is 11.1. The molecule has 0 bridgehead atoms. The molecule has 1 saturated heterocycles. The molecule has 0 saturated carbocycles. The minimum atomic E-state index is -1.86. The zero-order valence-electron chi connectivity index (χ0n) is 11.1. The minimum Gasteiger partial charge on any atom is -0.476 e. The molecule has 1 aromatic rings. The van der Waals surface area contributed by atoms with Crippen molar-refractivity contribution >= 4 is 12.0 Å². The van der Waals surface area contributed by atoms with E-state index in [1.54, 1.807) is 0 Å². The summed E-state index contributed by atoms with van der Waals surface area (Å²) in [5.74, 6) is -3.43. The van der Waals surface area contributed by atoms with Crippen LogP contribution < -0.4 is 11.2 Å². The average Bonchev–Trinajstić information content (AvgIpc) is 2.82. The summed E-state index contributed by atoms with van der Waals surface area (Å²) in [5, 5.41) is 27.1. The quantitative estimate of drug-likeness (QED) is 0.499. The highest BCUT2D eigenvalue weighted by molar-refractivity contribution is 5.89. The molecule has 3 atom stereocenters. The van der Waals surface area contributed by atoms with Crippen LogP contribution in [0.15, 0.2) is 21.6 Å². The Labute approximate surface area is 121 Å². The second-order valence-corrected chi connectivity index (χ2v) is 4.66. The van der Waals surface area contributed by atoms with E-state index in [1.165, 1.54) is 0 Å². The number of H-pyrrole nitrogens is 1. The summed E-state index contributed by atoms with van der Waals surface area (Å²) in [7, 11) is 0. The number of carboxylic acids is 1. The van der Waals surface area contributed by atoms with Gasteiger partial charge in [0, 0.05) is 12.6 Å². The first-order valence-electron chi connectivity index (χ1n) is 6.23. The van der Waals surface area contributed by atoms with Crippen molar-refractivity contribution in [2.75, 3.05) is 6.61 Å². The lowest BCUT2D eigenvalue weighted by Crippen LogP contribution is -2.33. The fourth-order valence-electron chi connectivity index (χ4n) is 2.07. The summed E-state index contributed by atoms with van der Waals surface area (Å²) in [4.78, 5) is 35.6. The van der Waals surface area contributed by atoms with Crippen LogP contribution in [0.4, 0.5) is 4.39 Å². The van der Waals surface area contributed by atoms with Gasteiger partial charge in [-0.2, -0.15) is 4.39 Å². The lowest BCUT2D eigenvalue weighted by Gasteiger charge is -2.14. The topological polar surface area (TPSA) is 142 Å². The van der Waals surface area contributed by atoms with Crippen molar-refractivity contribution in [2.24, 2.45) is 0 Å². The van der Waals surface area contributed by atoms with Gasteiger partial charge in [0.1, 0.15) is 12.3 Å². The highest BCUT2D eigenvalue weighted by atomic mass is 19.1. The first-order valence-corrected chi connectivity index (χ1v) is 6.23. The standard InChI is InChI=1S/C12H13FN2O7/c13-6(11(19)20)1-5-3-15(12(21)14-10(5)18)9-2-7(17)8(4-16)22-9/h1,3,7-9,16-17H,2,4H2,(H,19,20)(H,14,18,21)/t7?,8-,9-/m1/s1. The maximum absolute atomic E-state index is 13.1. The summed E-state index contributed by atoms with van der Waals surface area (Å²) >= 11 is 0. The van der Waals surface area contributed by atoms with E-state index in [2.05, 4.69) is 0 Å². The van der Waals surface area contributed by atoms with Gasteiger partial charge in [-0.15, -0.1) is 0 Å². The molecule has 120 valence electrons. The Hall–Kier alpha value is -2.30. The van der Waals surface area contributed by atoms with Crippen LogP contribution in [-0.4, -0.2) is 49.7 Å². The number of hydrogen-bond donors (Lipinski definition) is 4. The van der Waals surface area contributed by atoms with Gasteiger partial charge in [-0.1, -0.05) is 0 Å². The van der Waals surface area contributed by atoms with Gasteiger partial charge in [-0.25, -0.2) is 9.59 Å². The third-order valence-corrected chi connectivity index (χ3v) is 3.18. The van der Waals surface area contributed by atoms with Gasteiger partial charge in [0.15, 0.2) is 0 Å². The van der Waals surface area contributed by atoms with Crippen LogP contribution in [0.1, 0.15) is 18.2 Å². The lowest BCUT2D eigenvalue weighted by molar-refractivity contribution is -0.134. The first kappa shape index (κ1) is 16.1. The number of hydrogen-bond acceptors (Lipinski definition) is 6. The maximum atomic E-state index is 13.1. The van der Waals surface area contributed by atoms with Crippen LogP contribution in [0, 0.1) is 0 Å². The Morgan fingerprint density at radius 2 is 2.23 bits per heavy atom. The Bertz CT molecular complexity index is 723. The number of nitrogens with one attached hydrogen (secondary N) is 1. The molecule has 10 heteroatoms. The van der Waals surface area contributed by atoms with Crippen molar-refractivity contribution in [2.45, 2.75) is 24.9 Å². The number of aromatic nitrogens is 2. The van der Waals surface area contributed by atoms with Gasteiger partial charge in [0.2, 0.25) is 5.83 Å². The molecule has 0 radical (unpaired) electrons. The third kappa shape index (κ3) is 3.13. The Morgan fingerprint density at radius 1 is 1.55 bits per heavy atom. The molecule has 1 aliphatic heterocycles. The smallest absolute Gasteiger partial charge is 0.364 e. The molecule has 4 N–H and O–H groups in total. The highest BCUT2D eigenvalue weighted by Crippen LogP contribution is 2.27. The lowest BCUT2D eigenvalue weighted by atomic mass is 10.2. The van der Waals surface area contributed by atoms with E-state index < -0.39 is 53.7 Å². The van der Waals surface area contributed by atoms with E-state index in [1.807, 2.05) is 4.98 Å². The van der Waals surface area contributed by atoms with Gasteiger partial charge in [-0.3, -0.25) is 14.3 Å². The molecular weight excluding hydrogens is 303 g/mol. The number of carboxylic acid groups (broad SMARTS) is 1. The van der Waals surface area contributed by atoms with E-state index in [0.29, 0.717) is 6.08 Å². The molecule has 0 spiro atoms. The summed E-state index contributed by atoms with van der Waals surface area (Å²) in [6.07, 6.45) is -1.51. The summed E-state index contributed by atoms with van der Waals surface area (Å²) in [5.41, 5.74) is -2.23. The number of aromatic amines is 1. The van der Waals surface area contributed by atoms with Crippen molar-refractivity contribution in [3.63, 3.8) is 0 Å². The highest BCUT2D eigenvalue weighted by Gasteiger charge is 2.35. The predicted octanol–water partition coefficient (Wildman–Crippen LogP) is -1.43.